The average Bonchev–Trinajstić information content (AvgIpc) is 2.34. The van der Waals surface area contributed by atoms with Gasteiger partial charge < -0.3 is 0 Å². The van der Waals surface area contributed by atoms with Gasteiger partial charge in [-0.15, -0.1) is 0 Å². The fourth-order valence-corrected chi connectivity index (χ4v) is 1.94. The van der Waals surface area contributed by atoms with Crippen LogP contribution in [0.3, 0.4) is 0 Å². The number of carbonyl (C=O) groups excluding carboxylic acids is 4. The van der Waals surface area contributed by atoms with Crippen LogP contribution in [0.25, 0.3) is 0 Å². The zero-order chi connectivity index (χ0) is 21.3. The summed E-state index contributed by atoms with van der Waals surface area (Å²) in [4.78, 5) is 45.5. The molecular weight excluding hydrogens is 394 g/mol. The Kier molecular flexibility index (Phi) is 15.5. The summed E-state index contributed by atoms with van der Waals surface area (Å²) in [5.41, 5.74) is -0.765. The van der Waals surface area contributed by atoms with E-state index in [0.717, 1.165) is 0 Å². The number of rotatable bonds is 8. The van der Waals surface area contributed by atoms with Crippen LogP contribution in [-0.2, 0) is 38.7 Å². The SMILES string of the molecule is CC(C)CC(=O)CC(=O)C(C)(C)C.CC(C)CC(=O)CC(=O)C(C)(C)C.[Zn]. The van der Waals surface area contributed by atoms with E-state index in [4.69, 9.17) is 0 Å². The van der Waals surface area contributed by atoms with Gasteiger partial charge in [0.1, 0.15) is 23.1 Å². The van der Waals surface area contributed by atoms with E-state index in [1.54, 1.807) is 0 Å². The summed E-state index contributed by atoms with van der Waals surface area (Å²) in [6.07, 6.45) is 1.23. The van der Waals surface area contributed by atoms with Gasteiger partial charge in [0.2, 0.25) is 0 Å². The molecule has 0 unspecified atom stereocenters. The molecule has 5 heteroatoms. The van der Waals surface area contributed by atoms with Gasteiger partial charge in [0.15, 0.2) is 0 Å². The minimum atomic E-state index is -0.382. The molecular formula is C22H40O4Zn. The van der Waals surface area contributed by atoms with Crippen molar-refractivity contribution in [1.29, 1.82) is 0 Å². The van der Waals surface area contributed by atoms with Crippen LogP contribution in [0.1, 0.15) is 94.9 Å². The predicted molar refractivity (Wildman–Crippen MR) is 107 cm³/mol. The van der Waals surface area contributed by atoms with Gasteiger partial charge in [-0.25, -0.2) is 0 Å². The molecule has 0 aromatic carbocycles. The zero-order valence-corrected chi connectivity index (χ0v) is 22.3. The van der Waals surface area contributed by atoms with Crippen LogP contribution in [0.4, 0.5) is 0 Å². The Balaban J connectivity index is -0.000000411. The molecule has 0 heterocycles. The average molecular weight is 434 g/mol. The van der Waals surface area contributed by atoms with E-state index in [-0.39, 0.29) is 66.3 Å². The van der Waals surface area contributed by atoms with Gasteiger partial charge in [0.05, 0.1) is 12.8 Å². The van der Waals surface area contributed by atoms with Gasteiger partial charge >= 0.3 is 0 Å². The number of hydrogen-bond donors (Lipinski definition) is 0. The fraction of sp³-hybridized carbons (Fsp3) is 0.818. The molecule has 0 amide bonds. The smallest absolute Gasteiger partial charge is 0.145 e. The quantitative estimate of drug-likeness (QED) is 0.389. The van der Waals surface area contributed by atoms with E-state index in [0.29, 0.717) is 24.7 Å². The van der Waals surface area contributed by atoms with Gasteiger partial charge in [-0.3, -0.25) is 19.2 Å². The predicted octanol–water partition coefficient (Wildman–Crippen LogP) is 5.21. The van der Waals surface area contributed by atoms with Crippen LogP contribution < -0.4 is 0 Å². The minimum absolute atomic E-state index is 0. The molecule has 0 atom stereocenters. The normalized spacial score (nSPS) is 11.4. The fourth-order valence-electron chi connectivity index (χ4n) is 1.94. The van der Waals surface area contributed by atoms with Crippen molar-refractivity contribution in [3.05, 3.63) is 0 Å². The van der Waals surface area contributed by atoms with Crippen LogP contribution >= 0.6 is 0 Å². The Hall–Kier alpha value is -0.697. The van der Waals surface area contributed by atoms with Crippen molar-refractivity contribution in [2.45, 2.75) is 94.9 Å². The molecule has 0 aliphatic heterocycles. The molecule has 0 aliphatic rings. The number of hydrogen-bond acceptors (Lipinski definition) is 4. The Morgan fingerprint density at radius 3 is 0.963 bits per heavy atom. The molecule has 0 bridgehead atoms. The molecule has 27 heavy (non-hydrogen) atoms. The summed E-state index contributed by atoms with van der Waals surface area (Å²) in [6, 6.07) is 0. The molecule has 154 valence electrons. The van der Waals surface area contributed by atoms with Crippen LogP contribution in [0.2, 0.25) is 0 Å². The van der Waals surface area contributed by atoms with E-state index in [2.05, 4.69) is 0 Å². The molecule has 0 spiro atoms. The molecule has 0 N–H and O–H groups in total. The maximum atomic E-state index is 11.4. The second-order valence-electron chi connectivity index (χ2n) is 9.97. The Labute approximate surface area is 179 Å². The van der Waals surface area contributed by atoms with Crippen molar-refractivity contribution in [2.24, 2.45) is 22.7 Å². The Morgan fingerprint density at radius 1 is 0.593 bits per heavy atom. The first-order chi connectivity index (χ1) is 11.5. The van der Waals surface area contributed by atoms with Crippen LogP contribution in [-0.4, -0.2) is 23.1 Å². The summed E-state index contributed by atoms with van der Waals surface area (Å²) in [5, 5.41) is 0. The van der Waals surface area contributed by atoms with Crippen molar-refractivity contribution in [3.63, 3.8) is 0 Å². The second kappa shape index (κ2) is 13.5. The molecule has 0 fully saturated rings. The third-order valence-corrected chi connectivity index (χ3v) is 3.66. The third kappa shape index (κ3) is 18.4. The van der Waals surface area contributed by atoms with Crippen molar-refractivity contribution >= 4 is 23.1 Å². The third-order valence-electron chi connectivity index (χ3n) is 3.66. The van der Waals surface area contributed by atoms with Crippen LogP contribution in [0.15, 0.2) is 0 Å². The summed E-state index contributed by atoms with van der Waals surface area (Å²) in [6.45, 7) is 19.0. The zero-order valence-electron chi connectivity index (χ0n) is 19.3. The Bertz CT molecular complexity index is 445. The maximum Gasteiger partial charge on any atom is 0.145 e. The monoisotopic (exact) mass is 432 g/mol. The van der Waals surface area contributed by atoms with Gasteiger partial charge in [0, 0.05) is 43.1 Å². The standard InChI is InChI=1S/2C11H20O2.Zn/c2*1-8(2)6-9(12)7-10(13)11(3,4)5;/h2*8H,6-7H2,1-5H3;. The van der Waals surface area contributed by atoms with Gasteiger partial charge in [-0.05, 0) is 11.8 Å². The molecule has 0 saturated carbocycles. The van der Waals surface area contributed by atoms with Gasteiger partial charge in [-0.2, -0.15) is 0 Å². The van der Waals surface area contributed by atoms with Crippen molar-refractivity contribution in [3.8, 4) is 0 Å². The maximum absolute atomic E-state index is 11.4. The summed E-state index contributed by atoms with van der Waals surface area (Å²) < 4.78 is 0. The van der Waals surface area contributed by atoms with Gasteiger partial charge in [-0.1, -0.05) is 69.2 Å². The first-order valence-corrected chi connectivity index (χ1v) is 9.56. The van der Waals surface area contributed by atoms with Crippen molar-refractivity contribution in [2.75, 3.05) is 0 Å². The summed E-state index contributed by atoms with van der Waals surface area (Å²) in [5.74, 6) is 0.904. The topological polar surface area (TPSA) is 68.3 Å². The summed E-state index contributed by atoms with van der Waals surface area (Å²) in [7, 11) is 0. The first-order valence-electron chi connectivity index (χ1n) is 9.56. The molecule has 0 aromatic rings. The first kappa shape index (κ1) is 31.0. The van der Waals surface area contributed by atoms with Gasteiger partial charge in [0.25, 0.3) is 0 Å². The van der Waals surface area contributed by atoms with E-state index < -0.39 is 0 Å². The van der Waals surface area contributed by atoms with Crippen LogP contribution in [0.5, 0.6) is 0 Å². The minimum Gasteiger partial charge on any atom is -0.299 e. The molecule has 0 rings (SSSR count). The van der Waals surface area contributed by atoms with Crippen molar-refractivity contribution < 1.29 is 38.7 Å². The molecule has 0 saturated heterocycles. The molecule has 0 aromatic heterocycles. The van der Waals surface area contributed by atoms with Crippen LogP contribution in [0, 0.1) is 22.7 Å². The van der Waals surface area contributed by atoms with E-state index >= 15 is 0 Å². The Morgan fingerprint density at radius 2 is 0.815 bits per heavy atom. The van der Waals surface area contributed by atoms with Crippen molar-refractivity contribution in [1.82, 2.24) is 0 Å². The molecule has 0 radical (unpaired) electrons. The number of ketones is 4. The van der Waals surface area contributed by atoms with E-state index in [9.17, 15) is 19.2 Å². The largest absolute Gasteiger partial charge is 0.299 e. The number of Topliss-reactive ketones (excluding diaryl/α,β-unsaturated/α-hetero) is 4. The number of carbonyl (C=O) groups is 4. The van der Waals surface area contributed by atoms with E-state index in [1.807, 2.05) is 69.2 Å². The second-order valence-corrected chi connectivity index (χ2v) is 9.97. The molecule has 0 aliphatic carbocycles. The molecule has 4 nitrogen and oxygen atoms in total. The summed E-state index contributed by atoms with van der Waals surface area (Å²) >= 11 is 0. The van der Waals surface area contributed by atoms with E-state index in [1.165, 1.54) is 0 Å².